The Labute approximate surface area is 94.3 Å². The van der Waals surface area contributed by atoms with Gasteiger partial charge in [0.25, 0.3) is 0 Å². The molecule has 78 valence electrons. The third-order valence-corrected chi connectivity index (χ3v) is 3.82. The molecule has 0 heterocycles. The zero-order valence-electron chi connectivity index (χ0n) is 9.00. The van der Waals surface area contributed by atoms with E-state index in [2.05, 4.69) is 12.3 Å². The lowest BCUT2D eigenvalue weighted by Crippen LogP contribution is -2.16. The highest BCUT2D eigenvalue weighted by Gasteiger charge is 2.21. The summed E-state index contributed by atoms with van der Waals surface area (Å²) in [5.74, 6) is 0. The SMILES string of the molecule is CSc1cccc(C(C)(C)O)c1SC. The Bertz CT molecular complexity index is 316. The quantitative estimate of drug-likeness (QED) is 0.801. The highest BCUT2D eigenvalue weighted by Crippen LogP contribution is 2.36. The first-order chi connectivity index (χ1) is 6.50. The predicted molar refractivity (Wildman–Crippen MR) is 65.2 cm³/mol. The van der Waals surface area contributed by atoms with Gasteiger partial charge >= 0.3 is 0 Å². The summed E-state index contributed by atoms with van der Waals surface area (Å²) in [5, 5.41) is 10.00. The number of thioether (sulfide) groups is 2. The van der Waals surface area contributed by atoms with E-state index in [4.69, 9.17) is 0 Å². The van der Waals surface area contributed by atoms with Gasteiger partial charge in [-0.2, -0.15) is 0 Å². The van der Waals surface area contributed by atoms with Gasteiger partial charge in [-0.05, 0) is 38.0 Å². The first kappa shape index (κ1) is 12.0. The fourth-order valence-corrected chi connectivity index (χ4v) is 3.19. The number of hydrogen-bond acceptors (Lipinski definition) is 3. The molecule has 1 N–H and O–H groups in total. The fourth-order valence-electron chi connectivity index (χ4n) is 1.37. The molecule has 1 aromatic rings. The normalized spacial score (nSPS) is 11.8. The second-order valence-electron chi connectivity index (χ2n) is 3.60. The molecule has 0 aromatic heterocycles. The lowest BCUT2D eigenvalue weighted by Gasteiger charge is -2.22. The molecule has 0 aliphatic carbocycles. The minimum absolute atomic E-state index is 0.760. The largest absolute Gasteiger partial charge is 0.386 e. The first-order valence-corrected chi connectivity index (χ1v) is 6.89. The standard InChI is InChI=1S/C11H16OS2/c1-11(2,12)8-6-5-7-9(13-3)10(8)14-4/h5-7,12H,1-4H3. The Kier molecular flexibility index (Phi) is 3.93. The Hall–Kier alpha value is -0.120. The monoisotopic (exact) mass is 228 g/mol. The van der Waals surface area contributed by atoms with E-state index in [0.717, 1.165) is 5.56 Å². The van der Waals surface area contributed by atoms with Crippen molar-refractivity contribution in [3.63, 3.8) is 0 Å². The molecule has 0 radical (unpaired) electrons. The van der Waals surface area contributed by atoms with Crippen LogP contribution in [0.5, 0.6) is 0 Å². The molecule has 0 bridgehead atoms. The van der Waals surface area contributed by atoms with Crippen LogP contribution in [0.1, 0.15) is 19.4 Å². The van der Waals surface area contributed by atoms with Gasteiger partial charge in [-0.15, -0.1) is 23.5 Å². The number of hydrogen-bond donors (Lipinski definition) is 1. The summed E-state index contributed by atoms with van der Waals surface area (Å²) in [5.41, 5.74) is 0.251. The van der Waals surface area contributed by atoms with Crippen molar-refractivity contribution in [1.29, 1.82) is 0 Å². The van der Waals surface area contributed by atoms with Crippen molar-refractivity contribution >= 4 is 23.5 Å². The van der Waals surface area contributed by atoms with Gasteiger partial charge in [0.2, 0.25) is 0 Å². The van der Waals surface area contributed by atoms with E-state index in [1.807, 2.05) is 32.2 Å². The zero-order valence-corrected chi connectivity index (χ0v) is 10.6. The van der Waals surface area contributed by atoms with Crippen LogP contribution in [0, 0.1) is 0 Å². The van der Waals surface area contributed by atoms with E-state index in [1.165, 1.54) is 9.79 Å². The van der Waals surface area contributed by atoms with E-state index in [1.54, 1.807) is 23.5 Å². The maximum Gasteiger partial charge on any atom is 0.0851 e. The van der Waals surface area contributed by atoms with Crippen LogP contribution in [0.25, 0.3) is 0 Å². The number of benzene rings is 1. The molecule has 0 saturated carbocycles. The molecule has 1 aromatic carbocycles. The molecule has 0 saturated heterocycles. The van der Waals surface area contributed by atoms with Crippen molar-refractivity contribution in [1.82, 2.24) is 0 Å². The molecule has 0 atom stereocenters. The Balaban J connectivity index is 3.29. The van der Waals surface area contributed by atoms with E-state index in [9.17, 15) is 5.11 Å². The van der Waals surface area contributed by atoms with E-state index in [-0.39, 0.29) is 0 Å². The topological polar surface area (TPSA) is 20.2 Å². The molecule has 0 unspecified atom stereocenters. The molecular weight excluding hydrogens is 212 g/mol. The molecule has 1 nitrogen and oxygen atoms in total. The minimum Gasteiger partial charge on any atom is -0.386 e. The van der Waals surface area contributed by atoms with Gasteiger partial charge in [0.1, 0.15) is 0 Å². The third-order valence-electron chi connectivity index (χ3n) is 2.06. The molecule has 3 heteroatoms. The van der Waals surface area contributed by atoms with Crippen molar-refractivity contribution in [3.8, 4) is 0 Å². The highest BCUT2D eigenvalue weighted by atomic mass is 32.2. The van der Waals surface area contributed by atoms with Gasteiger partial charge < -0.3 is 5.11 Å². The lowest BCUT2D eigenvalue weighted by atomic mass is 9.98. The average Bonchev–Trinajstić information content (AvgIpc) is 2.15. The Morgan fingerprint density at radius 1 is 1.14 bits per heavy atom. The second-order valence-corrected chi connectivity index (χ2v) is 5.26. The molecule has 0 aliphatic heterocycles. The smallest absolute Gasteiger partial charge is 0.0851 e. The van der Waals surface area contributed by atoms with Crippen LogP contribution in [-0.2, 0) is 5.60 Å². The first-order valence-electron chi connectivity index (χ1n) is 4.44. The lowest BCUT2D eigenvalue weighted by molar-refractivity contribution is 0.0753. The molecule has 14 heavy (non-hydrogen) atoms. The molecule has 0 amide bonds. The second kappa shape index (κ2) is 4.60. The van der Waals surface area contributed by atoms with E-state index >= 15 is 0 Å². The van der Waals surface area contributed by atoms with Gasteiger partial charge in [-0.3, -0.25) is 0 Å². The molecular formula is C11H16OS2. The van der Waals surface area contributed by atoms with Crippen molar-refractivity contribution in [3.05, 3.63) is 23.8 Å². The average molecular weight is 228 g/mol. The molecule has 0 fully saturated rings. The summed E-state index contributed by atoms with van der Waals surface area (Å²) in [7, 11) is 0. The molecule has 0 aliphatic rings. The Morgan fingerprint density at radius 3 is 2.21 bits per heavy atom. The highest BCUT2D eigenvalue weighted by molar-refractivity contribution is 8.01. The number of rotatable bonds is 3. The van der Waals surface area contributed by atoms with Crippen LogP contribution >= 0.6 is 23.5 Å². The van der Waals surface area contributed by atoms with E-state index < -0.39 is 5.60 Å². The van der Waals surface area contributed by atoms with Gasteiger partial charge in [-0.1, -0.05) is 12.1 Å². The number of aliphatic hydroxyl groups is 1. The summed E-state index contributed by atoms with van der Waals surface area (Å²) in [6, 6.07) is 6.08. The summed E-state index contributed by atoms with van der Waals surface area (Å²) in [6.07, 6.45) is 4.10. The van der Waals surface area contributed by atoms with Crippen molar-refractivity contribution in [2.75, 3.05) is 12.5 Å². The van der Waals surface area contributed by atoms with Crippen molar-refractivity contribution in [2.24, 2.45) is 0 Å². The summed E-state index contributed by atoms with van der Waals surface area (Å²) in [4.78, 5) is 2.42. The maximum atomic E-state index is 10.00. The Morgan fingerprint density at radius 2 is 1.79 bits per heavy atom. The third kappa shape index (κ3) is 2.47. The van der Waals surface area contributed by atoms with Gasteiger partial charge in [-0.25, -0.2) is 0 Å². The van der Waals surface area contributed by atoms with Crippen molar-refractivity contribution in [2.45, 2.75) is 29.2 Å². The van der Waals surface area contributed by atoms with Gasteiger partial charge in [0, 0.05) is 9.79 Å². The van der Waals surface area contributed by atoms with E-state index in [0.29, 0.717) is 0 Å². The zero-order chi connectivity index (χ0) is 10.8. The maximum absolute atomic E-state index is 10.00. The van der Waals surface area contributed by atoms with Crippen LogP contribution in [0.3, 0.4) is 0 Å². The summed E-state index contributed by atoms with van der Waals surface area (Å²) in [6.45, 7) is 3.65. The van der Waals surface area contributed by atoms with Gasteiger partial charge in [0.05, 0.1) is 5.60 Å². The van der Waals surface area contributed by atoms with Crippen LogP contribution in [0.2, 0.25) is 0 Å². The van der Waals surface area contributed by atoms with Crippen LogP contribution in [0.15, 0.2) is 28.0 Å². The molecule has 1 rings (SSSR count). The summed E-state index contributed by atoms with van der Waals surface area (Å²) < 4.78 is 0. The van der Waals surface area contributed by atoms with Crippen molar-refractivity contribution < 1.29 is 5.11 Å². The predicted octanol–water partition coefficient (Wildman–Crippen LogP) is 3.36. The minimum atomic E-state index is -0.760. The summed E-state index contributed by atoms with van der Waals surface area (Å²) >= 11 is 3.41. The van der Waals surface area contributed by atoms with Crippen LogP contribution in [0.4, 0.5) is 0 Å². The fraction of sp³-hybridized carbons (Fsp3) is 0.455. The van der Waals surface area contributed by atoms with Crippen LogP contribution in [-0.4, -0.2) is 17.6 Å². The van der Waals surface area contributed by atoms with Crippen LogP contribution < -0.4 is 0 Å². The molecule has 0 spiro atoms. The van der Waals surface area contributed by atoms with Gasteiger partial charge in [0.15, 0.2) is 0 Å².